The summed E-state index contributed by atoms with van der Waals surface area (Å²) in [5, 5.41) is 1.03. The average molecular weight is 366 g/mol. The van der Waals surface area contributed by atoms with Crippen LogP contribution >= 0.6 is 24.6 Å². The lowest BCUT2D eigenvalue weighted by atomic mass is 9.77. The molecule has 3 aliphatic rings. The number of rotatable bonds is 0. The van der Waals surface area contributed by atoms with Gasteiger partial charge in [0.1, 0.15) is 0 Å². The summed E-state index contributed by atoms with van der Waals surface area (Å²) in [6.45, 7) is 3.60. The van der Waals surface area contributed by atoms with Crippen molar-refractivity contribution in [1.82, 2.24) is 14.7 Å². The average Bonchev–Trinajstić information content (AvgIpc) is 2.58. The summed E-state index contributed by atoms with van der Waals surface area (Å²) in [6.07, 6.45) is 5.09. The normalized spacial score (nSPS) is 28.9. The third-order valence-electron chi connectivity index (χ3n) is 6.00. The zero-order chi connectivity index (χ0) is 16.0. The Balaban J connectivity index is 0.00000169. The second-order valence-corrected chi connectivity index (χ2v) is 7.90. The molecule has 0 radical (unpaired) electrons. The molecular weight excluding hydrogens is 338 g/mol. The Hall–Kier alpha value is -0.840. The van der Waals surface area contributed by atoms with Crippen LogP contribution in [0.5, 0.6) is 0 Å². The molecule has 0 amide bonds. The van der Waals surface area contributed by atoms with E-state index in [2.05, 4.69) is 53.1 Å². The van der Waals surface area contributed by atoms with E-state index in [9.17, 15) is 0 Å². The lowest BCUT2D eigenvalue weighted by Gasteiger charge is -2.53. The number of piperidine rings is 2. The number of thiocarbonyl (C=S) groups is 1. The zero-order valence-electron chi connectivity index (χ0n) is 14.6. The van der Waals surface area contributed by atoms with Crippen molar-refractivity contribution in [3.63, 3.8) is 0 Å². The fourth-order valence-electron chi connectivity index (χ4n) is 4.89. The first kappa shape index (κ1) is 18.0. The molecule has 24 heavy (non-hydrogen) atoms. The van der Waals surface area contributed by atoms with Gasteiger partial charge >= 0.3 is 0 Å². The van der Waals surface area contributed by atoms with E-state index in [4.69, 9.17) is 12.2 Å². The van der Waals surface area contributed by atoms with Gasteiger partial charge in [-0.05, 0) is 54.9 Å². The number of benzene rings is 1. The van der Waals surface area contributed by atoms with Crippen LogP contribution in [-0.4, -0.2) is 59.6 Å². The highest BCUT2D eigenvalue weighted by Gasteiger charge is 2.43. The van der Waals surface area contributed by atoms with E-state index >= 15 is 0 Å². The van der Waals surface area contributed by atoms with Gasteiger partial charge in [0.05, 0.1) is 0 Å². The smallest absolute Gasteiger partial charge is 0.171 e. The molecule has 0 aromatic heterocycles. The summed E-state index contributed by atoms with van der Waals surface area (Å²) in [7, 11) is 4.16. The lowest BCUT2D eigenvalue weighted by Crippen LogP contribution is -2.58. The molecule has 0 N–H and O–H groups in total. The highest BCUT2D eigenvalue weighted by Crippen LogP contribution is 2.42. The molecule has 1 aromatic rings. The van der Waals surface area contributed by atoms with Crippen LogP contribution in [0, 0.1) is 5.92 Å². The molecule has 0 aliphatic carbocycles. The molecule has 3 heterocycles. The van der Waals surface area contributed by atoms with Crippen molar-refractivity contribution in [3.05, 3.63) is 35.4 Å². The van der Waals surface area contributed by atoms with Gasteiger partial charge in [-0.2, -0.15) is 0 Å². The Morgan fingerprint density at radius 2 is 2.00 bits per heavy atom. The lowest BCUT2D eigenvalue weighted by molar-refractivity contribution is 0.0145. The molecule has 3 atom stereocenters. The first-order valence-corrected chi connectivity index (χ1v) is 9.35. The van der Waals surface area contributed by atoms with Crippen molar-refractivity contribution in [2.24, 2.45) is 5.92 Å². The van der Waals surface area contributed by atoms with Crippen LogP contribution in [0.3, 0.4) is 0 Å². The van der Waals surface area contributed by atoms with E-state index in [0.717, 1.165) is 17.6 Å². The minimum absolute atomic E-state index is 0. The molecule has 0 unspecified atom stereocenters. The van der Waals surface area contributed by atoms with Crippen LogP contribution in [0.2, 0.25) is 0 Å². The molecule has 3 nitrogen and oxygen atoms in total. The first-order valence-electron chi connectivity index (χ1n) is 8.95. The number of hydrogen-bond donors (Lipinski definition) is 0. The van der Waals surface area contributed by atoms with Crippen LogP contribution in [0.15, 0.2) is 24.3 Å². The topological polar surface area (TPSA) is 9.72 Å². The summed E-state index contributed by atoms with van der Waals surface area (Å²) < 4.78 is 0. The monoisotopic (exact) mass is 365 g/mol. The van der Waals surface area contributed by atoms with Gasteiger partial charge < -0.3 is 9.80 Å². The van der Waals surface area contributed by atoms with E-state index in [0.29, 0.717) is 12.1 Å². The summed E-state index contributed by atoms with van der Waals surface area (Å²) in [4.78, 5) is 7.38. The van der Waals surface area contributed by atoms with Gasteiger partial charge in [0.15, 0.2) is 5.11 Å². The van der Waals surface area contributed by atoms with Gasteiger partial charge in [0.25, 0.3) is 0 Å². The van der Waals surface area contributed by atoms with Crippen molar-refractivity contribution < 1.29 is 0 Å². The van der Waals surface area contributed by atoms with Crippen LogP contribution in [-0.2, 0) is 6.42 Å². The summed E-state index contributed by atoms with van der Waals surface area (Å²) in [6, 6.07) is 10.3. The molecule has 5 heteroatoms. The van der Waals surface area contributed by atoms with E-state index in [1.807, 2.05) is 0 Å². The van der Waals surface area contributed by atoms with E-state index in [1.165, 1.54) is 38.8 Å². The molecule has 0 spiro atoms. The Labute approximate surface area is 157 Å². The summed E-state index contributed by atoms with van der Waals surface area (Å²) >= 11 is 5.73. The van der Waals surface area contributed by atoms with Crippen LogP contribution in [0.1, 0.15) is 36.4 Å². The van der Waals surface area contributed by atoms with Gasteiger partial charge in [0, 0.05) is 45.8 Å². The van der Waals surface area contributed by atoms with Crippen LogP contribution in [0.4, 0.5) is 0 Å². The predicted octanol–water partition coefficient (Wildman–Crippen LogP) is 3.34. The van der Waals surface area contributed by atoms with Crippen molar-refractivity contribution in [2.45, 2.75) is 37.8 Å². The second-order valence-electron chi connectivity index (χ2n) is 7.54. The zero-order valence-corrected chi connectivity index (χ0v) is 16.3. The maximum Gasteiger partial charge on any atom is 0.171 e. The fraction of sp³-hybridized carbons (Fsp3) is 0.632. The Morgan fingerprint density at radius 1 is 1.21 bits per heavy atom. The van der Waals surface area contributed by atoms with E-state index in [-0.39, 0.29) is 12.4 Å². The second kappa shape index (κ2) is 7.19. The number of halogens is 1. The quantitative estimate of drug-likeness (QED) is 0.652. The van der Waals surface area contributed by atoms with Gasteiger partial charge in [0.2, 0.25) is 0 Å². The molecule has 132 valence electrons. The van der Waals surface area contributed by atoms with Crippen LogP contribution in [0.25, 0.3) is 0 Å². The first-order chi connectivity index (χ1) is 11.1. The standard InChI is InChI=1S/C19H27N3S.ClH/c1-20(2)19(23)22-10-5-7-15-13-21-11-9-14-6-3-4-8-16(14)18(21)12-17(15)22;/h3-4,6,8,15,17-18H,5,7,9-13H2,1-2H3;1H/t15-,17+,18+;/m1./s1. The fourth-order valence-corrected chi connectivity index (χ4v) is 5.12. The highest BCUT2D eigenvalue weighted by molar-refractivity contribution is 7.80. The van der Waals surface area contributed by atoms with Crippen molar-refractivity contribution in [3.8, 4) is 0 Å². The van der Waals surface area contributed by atoms with Crippen molar-refractivity contribution in [1.29, 1.82) is 0 Å². The van der Waals surface area contributed by atoms with E-state index in [1.54, 1.807) is 11.1 Å². The predicted molar refractivity (Wildman–Crippen MR) is 106 cm³/mol. The number of fused-ring (bicyclic) bond motifs is 4. The minimum Gasteiger partial charge on any atom is -0.355 e. The molecule has 4 rings (SSSR count). The van der Waals surface area contributed by atoms with Gasteiger partial charge in [-0.25, -0.2) is 0 Å². The van der Waals surface area contributed by atoms with Gasteiger partial charge in [-0.15, -0.1) is 12.4 Å². The van der Waals surface area contributed by atoms with E-state index < -0.39 is 0 Å². The maximum atomic E-state index is 5.73. The molecular formula is C19H28ClN3S. The molecule has 1 aromatic carbocycles. The number of hydrogen-bond acceptors (Lipinski definition) is 2. The third-order valence-corrected chi connectivity index (χ3v) is 6.60. The highest BCUT2D eigenvalue weighted by atomic mass is 35.5. The Kier molecular flexibility index (Phi) is 5.38. The maximum absolute atomic E-state index is 5.73. The van der Waals surface area contributed by atoms with Crippen molar-refractivity contribution >= 4 is 29.7 Å². The summed E-state index contributed by atoms with van der Waals surface area (Å²) in [5.41, 5.74) is 3.13. The number of likely N-dealkylation sites (tertiary alicyclic amines) is 1. The van der Waals surface area contributed by atoms with Crippen LogP contribution < -0.4 is 0 Å². The molecule has 2 saturated heterocycles. The molecule has 0 bridgehead atoms. The molecule has 3 aliphatic heterocycles. The molecule has 0 saturated carbocycles. The largest absolute Gasteiger partial charge is 0.355 e. The third kappa shape index (κ3) is 3.04. The number of nitrogens with zero attached hydrogens (tertiary/aromatic N) is 3. The Morgan fingerprint density at radius 3 is 2.79 bits per heavy atom. The minimum atomic E-state index is 0. The molecule has 2 fully saturated rings. The van der Waals surface area contributed by atoms with Crippen molar-refractivity contribution in [2.75, 3.05) is 33.7 Å². The van der Waals surface area contributed by atoms with Gasteiger partial charge in [-0.3, -0.25) is 4.90 Å². The van der Waals surface area contributed by atoms with Gasteiger partial charge in [-0.1, -0.05) is 24.3 Å². The summed E-state index contributed by atoms with van der Waals surface area (Å²) in [5.74, 6) is 0.781. The Bertz CT molecular complexity index is 606. The SMILES string of the molecule is CN(C)C(=S)N1CCC[C@@H]2CN3CCc4ccccc4[C@@H]3C[C@@H]21.Cl.